The summed E-state index contributed by atoms with van der Waals surface area (Å²) < 4.78 is 3.76. The highest BCUT2D eigenvalue weighted by molar-refractivity contribution is 5.93. The molecule has 0 aliphatic carbocycles. The number of rotatable bonds is 8. The zero-order valence-corrected chi connectivity index (χ0v) is 16.5. The second kappa shape index (κ2) is 8.35. The van der Waals surface area contributed by atoms with Gasteiger partial charge in [-0.25, -0.2) is 4.98 Å². The Labute approximate surface area is 160 Å². The molecule has 0 saturated heterocycles. The highest BCUT2D eigenvalue weighted by atomic mass is 16.2. The van der Waals surface area contributed by atoms with E-state index >= 15 is 0 Å². The SMILES string of the molecule is CCN(CC)CCn1c(NC(=O)C(C)n2cc(C)cn2)nc2ccccc21. The van der Waals surface area contributed by atoms with Crippen LogP contribution in [0.2, 0.25) is 0 Å². The van der Waals surface area contributed by atoms with Crippen LogP contribution in [0.15, 0.2) is 36.7 Å². The van der Waals surface area contributed by atoms with E-state index in [1.54, 1.807) is 10.9 Å². The molecule has 144 valence electrons. The molecule has 0 bridgehead atoms. The second-order valence-corrected chi connectivity index (χ2v) is 6.77. The summed E-state index contributed by atoms with van der Waals surface area (Å²) in [7, 11) is 0. The molecular formula is C20H28N6O. The van der Waals surface area contributed by atoms with Gasteiger partial charge in [-0.05, 0) is 44.6 Å². The number of hydrogen-bond donors (Lipinski definition) is 1. The van der Waals surface area contributed by atoms with Crippen LogP contribution in [0.25, 0.3) is 11.0 Å². The summed E-state index contributed by atoms with van der Waals surface area (Å²) in [4.78, 5) is 19.8. The molecule has 1 aromatic carbocycles. The molecule has 0 radical (unpaired) electrons. The van der Waals surface area contributed by atoms with Crippen molar-refractivity contribution in [3.05, 3.63) is 42.2 Å². The lowest BCUT2D eigenvalue weighted by atomic mass is 10.3. The molecule has 0 saturated carbocycles. The monoisotopic (exact) mass is 368 g/mol. The highest BCUT2D eigenvalue weighted by Crippen LogP contribution is 2.21. The normalized spacial score (nSPS) is 12.6. The van der Waals surface area contributed by atoms with E-state index in [4.69, 9.17) is 0 Å². The summed E-state index contributed by atoms with van der Waals surface area (Å²) >= 11 is 0. The summed E-state index contributed by atoms with van der Waals surface area (Å²) in [5.41, 5.74) is 2.94. The van der Waals surface area contributed by atoms with Gasteiger partial charge in [-0.15, -0.1) is 0 Å². The van der Waals surface area contributed by atoms with Crippen LogP contribution in [0.4, 0.5) is 5.95 Å². The molecule has 2 heterocycles. The molecule has 0 aliphatic rings. The van der Waals surface area contributed by atoms with Gasteiger partial charge in [0.1, 0.15) is 6.04 Å². The maximum absolute atomic E-state index is 12.8. The number of nitrogens with one attached hydrogen (secondary N) is 1. The average molecular weight is 368 g/mol. The lowest BCUT2D eigenvalue weighted by Crippen LogP contribution is -2.29. The molecule has 0 spiro atoms. The first-order valence-corrected chi connectivity index (χ1v) is 9.52. The zero-order chi connectivity index (χ0) is 19.4. The molecule has 2 aromatic heterocycles. The molecule has 1 N–H and O–H groups in total. The maximum atomic E-state index is 12.8. The number of anilines is 1. The van der Waals surface area contributed by atoms with E-state index in [9.17, 15) is 4.79 Å². The van der Waals surface area contributed by atoms with Crippen molar-refractivity contribution < 1.29 is 4.79 Å². The minimum Gasteiger partial charge on any atom is -0.309 e. The van der Waals surface area contributed by atoms with E-state index in [0.29, 0.717) is 5.95 Å². The van der Waals surface area contributed by atoms with E-state index < -0.39 is 6.04 Å². The Morgan fingerprint density at radius 1 is 1.26 bits per heavy atom. The van der Waals surface area contributed by atoms with Crippen molar-refractivity contribution in [1.82, 2.24) is 24.2 Å². The van der Waals surface area contributed by atoms with Crippen LogP contribution in [0.3, 0.4) is 0 Å². The van der Waals surface area contributed by atoms with Crippen LogP contribution in [0.5, 0.6) is 0 Å². The van der Waals surface area contributed by atoms with Crippen LogP contribution in [-0.4, -0.2) is 49.8 Å². The maximum Gasteiger partial charge on any atom is 0.251 e. The van der Waals surface area contributed by atoms with E-state index in [0.717, 1.165) is 42.8 Å². The number of carbonyl (C=O) groups excluding carboxylic acids is 1. The Morgan fingerprint density at radius 3 is 2.67 bits per heavy atom. The van der Waals surface area contributed by atoms with Gasteiger partial charge < -0.3 is 9.47 Å². The van der Waals surface area contributed by atoms with Gasteiger partial charge in [0.25, 0.3) is 5.91 Å². The fourth-order valence-electron chi connectivity index (χ4n) is 3.16. The van der Waals surface area contributed by atoms with E-state index in [1.807, 2.05) is 44.3 Å². The predicted molar refractivity (Wildman–Crippen MR) is 108 cm³/mol. The standard InChI is InChI=1S/C20H28N6O/c1-5-24(6-2)11-12-25-18-10-8-7-9-17(18)22-20(25)23-19(27)16(4)26-14-15(3)13-21-26/h7-10,13-14,16H,5-6,11-12H2,1-4H3,(H,22,23,27). The molecule has 7 heteroatoms. The molecule has 0 fully saturated rings. The Balaban J connectivity index is 1.84. The number of aromatic nitrogens is 4. The highest BCUT2D eigenvalue weighted by Gasteiger charge is 2.19. The number of benzene rings is 1. The third-order valence-electron chi connectivity index (χ3n) is 4.93. The van der Waals surface area contributed by atoms with Crippen LogP contribution in [0.1, 0.15) is 32.4 Å². The molecule has 0 aliphatic heterocycles. The van der Waals surface area contributed by atoms with Crippen LogP contribution >= 0.6 is 0 Å². The summed E-state index contributed by atoms with van der Waals surface area (Å²) in [6.45, 7) is 11.8. The Morgan fingerprint density at radius 2 is 2.00 bits per heavy atom. The van der Waals surface area contributed by atoms with Crippen LogP contribution < -0.4 is 5.32 Å². The van der Waals surface area contributed by atoms with Crippen LogP contribution in [-0.2, 0) is 11.3 Å². The van der Waals surface area contributed by atoms with E-state index in [-0.39, 0.29) is 5.91 Å². The quantitative estimate of drug-likeness (QED) is 0.663. The molecule has 1 atom stereocenters. The number of para-hydroxylation sites is 2. The van der Waals surface area contributed by atoms with Gasteiger partial charge in [-0.2, -0.15) is 5.10 Å². The average Bonchev–Trinajstić information content (AvgIpc) is 3.25. The fourth-order valence-corrected chi connectivity index (χ4v) is 3.16. The number of amides is 1. The summed E-state index contributed by atoms with van der Waals surface area (Å²) in [6.07, 6.45) is 3.62. The fraction of sp³-hybridized carbons (Fsp3) is 0.450. The third kappa shape index (κ3) is 4.19. The van der Waals surface area contributed by atoms with Crippen molar-refractivity contribution in [3.8, 4) is 0 Å². The third-order valence-corrected chi connectivity index (χ3v) is 4.93. The van der Waals surface area contributed by atoms with Crippen LogP contribution in [0, 0.1) is 6.92 Å². The predicted octanol–water partition coefficient (Wildman–Crippen LogP) is 3.08. The van der Waals surface area contributed by atoms with Gasteiger partial charge in [0.05, 0.1) is 17.2 Å². The summed E-state index contributed by atoms with van der Waals surface area (Å²) in [6, 6.07) is 7.57. The van der Waals surface area contributed by atoms with E-state index in [2.05, 4.69) is 38.7 Å². The lowest BCUT2D eigenvalue weighted by Gasteiger charge is -2.20. The Bertz CT molecular complexity index is 908. The van der Waals surface area contributed by atoms with Gasteiger partial charge in [0, 0.05) is 19.3 Å². The smallest absolute Gasteiger partial charge is 0.251 e. The number of aryl methyl sites for hydroxylation is 1. The van der Waals surface area contributed by atoms with Gasteiger partial charge in [-0.1, -0.05) is 26.0 Å². The minimum atomic E-state index is -0.408. The number of fused-ring (bicyclic) bond motifs is 1. The van der Waals surface area contributed by atoms with Crippen molar-refractivity contribution in [2.45, 2.75) is 40.3 Å². The van der Waals surface area contributed by atoms with Crippen molar-refractivity contribution in [2.24, 2.45) is 0 Å². The molecule has 3 rings (SSSR count). The number of imidazole rings is 1. The molecule has 7 nitrogen and oxygen atoms in total. The number of carbonyl (C=O) groups is 1. The lowest BCUT2D eigenvalue weighted by molar-refractivity contribution is -0.119. The van der Waals surface area contributed by atoms with Gasteiger partial charge >= 0.3 is 0 Å². The largest absolute Gasteiger partial charge is 0.309 e. The number of hydrogen-bond acceptors (Lipinski definition) is 4. The summed E-state index contributed by atoms with van der Waals surface area (Å²) in [5.74, 6) is 0.460. The van der Waals surface area contributed by atoms with Gasteiger partial charge in [0.2, 0.25) is 5.95 Å². The molecule has 1 amide bonds. The van der Waals surface area contributed by atoms with Crippen molar-refractivity contribution in [1.29, 1.82) is 0 Å². The topological polar surface area (TPSA) is 68.0 Å². The molecular weight excluding hydrogens is 340 g/mol. The first-order valence-electron chi connectivity index (χ1n) is 9.52. The summed E-state index contributed by atoms with van der Waals surface area (Å²) in [5, 5.41) is 7.25. The Hall–Kier alpha value is -2.67. The molecule has 1 unspecified atom stereocenters. The first-order chi connectivity index (χ1) is 13.0. The van der Waals surface area contributed by atoms with Gasteiger partial charge in [-0.3, -0.25) is 14.8 Å². The Kier molecular flexibility index (Phi) is 5.91. The van der Waals surface area contributed by atoms with Crippen molar-refractivity contribution >= 4 is 22.9 Å². The zero-order valence-electron chi connectivity index (χ0n) is 16.5. The van der Waals surface area contributed by atoms with Gasteiger partial charge in [0.15, 0.2) is 0 Å². The molecule has 3 aromatic rings. The minimum absolute atomic E-state index is 0.127. The van der Waals surface area contributed by atoms with Crippen molar-refractivity contribution in [3.63, 3.8) is 0 Å². The van der Waals surface area contributed by atoms with E-state index in [1.165, 1.54) is 0 Å². The molecule has 27 heavy (non-hydrogen) atoms. The number of nitrogens with zero attached hydrogens (tertiary/aromatic N) is 5. The second-order valence-electron chi connectivity index (χ2n) is 6.77. The van der Waals surface area contributed by atoms with Crippen molar-refractivity contribution in [2.75, 3.05) is 25.0 Å². The number of likely N-dealkylation sites (N-methyl/N-ethyl adjacent to an activating group) is 1. The first kappa shape index (κ1) is 19.1.